The zero-order chi connectivity index (χ0) is 9.14. The second-order valence-electron chi connectivity index (χ2n) is 2.89. The molecule has 0 bridgehead atoms. The molecule has 1 aromatic rings. The molecule has 0 saturated carbocycles. The van der Waals surface area contributed by atoms with Crippen molar-refractivity contribution in [1.29, 1.82) is 0 Å². The molecule has 2 unspecified atom stereocenters. The van der Waals surface area contributed by atoms with E-state index >= 15 is 0 Å². The summed E-state index contributed by atoms with van der Waals surface area (Å²) in [5.74, 6) is 1.17. The van der Waals surface area contributed by atoms with Crippen LogP contribution in [0.15, 0.2) is 0 Å². The summed E-state index contributed by atoms with van der Waals surface area (Å²) in [5.41, 5.74) is 0. The third-order valence-corrected chi connectivity index (χ3v) is 3.56. The Labute approximate surface area is 82.1 Å². The summed E-state index contributed by atoms with van der Waals surface area (Å²) >= 11 is 7.55. The van der Waals surface area contributed by atoms with Gasteiger partial charge in [0.2, 0.25) is 0 Å². The van der Waals surface area contributed by atoms with Gasteiger partial charge in [0.05, 0.1) is 0 Å². The summed E-state index contributed by atoms with van der Waals surface area (Å²) in [6, 6.07) is 0. The van der Waals surface area contributed by atoms with Crippen LogP contribution in [0, 0.1) is 6.92 Å². The zero-order valence-electron chi connectivity index (χ0n) is 7.54. The number of aromatic nitrogens is 2. The van der Waals surface area contributed by atoms with Crippen molar-refractivity contribution in [2.45, 2.75) is 38.5 Å². The molecule has 0 N–H and O–H groups in total. The number of hydrogen-bond donors (Lipinski definition) is 0. The summed E-state index contributed by atoms with van der Waals surface area (Å²) in [5, 5.41) is 1.23. The van der Waals surface area contributed by atoms with E-state index < -0.39 is 0 Å². The van der Waals surface area contributed by atoms with Gasteiger partial charge >= 0.3 is 0 Å². The highest BCUT2D eigenvalue weighted by Crippen LogP contribution is 2.26. The molecule has 0 aromatic carbocycles. The lowest BCUT2D eigenvalue weighted by Crippen LogP contribution is -2.07. The molecule has 0 amide bonds. The largest absolute Gasteiger partial charge is 0.225 e. The minimum atomic E-state index is 0.178. The predicted molar refractivity (Wildman–Crippen MR) is 53.0 cm³/mol. The van der Waals surface area contributed by atoms with Gasteiger partial charge in [0.1, 0.15) is 10.8 Å². The van der Waals surface area contributed by atoms with E-state index in [2.05, 4.69) is 23.2 Å². The molecule has 1 rings (SSSR count). The number of rotatable bonds is 3. The van der Waals surface area contributed by atoms with Gasteiger partial charge in [-0.25, -0.2) is 4.98 Å². The minimum Gasteiger partial charge on any atom is -0.225 e. The van der Waals surface area contributed by atoms with E-state index in [4.69, 9.17) is 11.6 Å². The second kappa shape index (κ2) is 4.19. The zero-order valence-corrected chi connectivity index (χ0v) is 9.11. The molecule has 0 spiro atoms. The van der Waals surface area contributed by atoms with Crippen LogP contribution in [0.3, 0.4) is 0 Å². The molecule has 0 saturated heterocycles. The fourth-order valence-corrected chi connectivity index (χ4v) is 1.97. The van der Waals surface area contributed by atoms with E-state index in [9.17, 15) is 0 Å². The molecule has 68 valence electrons. The predicted octanol–water partition coefficient (Wildman–Crippen LogP) is 2.97. The van der Waals surface area contributed by atoms with Gasteiger partial charge in [-0.15, -0.1) is 11.6 Å². The highest BCUT2D eigenvalue weighted by Gasteiger charge is 2.17. The Morgan fingerprint density at radius 1 is 1.58 bits per heavy atom. The van der Waals surface area contributed by atoms with Crippen molar-refractivity contribution >= 4 is 23.1 Å². The van der Waals surface area contributed by atoms with Gasteiger partial charge < -0.3 is 0 Å². The monoisotopic (exact) mass is 204 g/mol. The maximum absolute atomic E-state index is 6.10. The summed E-state index contributed by atoms with van der Waals surface area (Å²) in [4.78, 5) is 4.30. The molecule has 4 heteroatoms. The van der Waals surface area contributed by atoms with Gasteiger partial charge in [-0.05, 0) is 24.9 Å². The van der Waals surface area contributed by atoms with Crippen LogP contribution in [0.1, 0.15) is 37.0 Å². The summed E-state index contributed by atoms with van der Waals surface area (Å²) in [6.07, 6.45) is 0.974. The van der Waals surface area contributed by atoms with Gasteiger partial charge in [0, 0.05) is 11.3 Å². The first-order valence-corrected chi connectivity index (χ1v) is 5.30. The van der Waals surface area contributed by atoms with E-state index in [1.165, 1.54) is 11.5 Å². The molecular weight excluding hydrogens is 192 g/mol. The Morgan fingerprint density at radius 3 is 2.67 bits per heavy atom. The minimum absolute atomic E-state index is 0.178. The van der Waals surface area contributed by atoms with Crippen LogP contribution in [0.25, 0.3) is 0 Å². The molecule has 12 heavy (non-hydrogen) atoms. The van der Waals surface area contributed by atoms with Crippen LogP contribution in [0.2, 0.25) is 0 Å². The number of aryl methyl sites for hydroxylation is 1. The maximum Gasteiger partial charge on any atom is 0.139 e. The molecule has 1 aromatic heterocycles. The Hall–Kier alpha value is -0.150. The number of nitrogens with zero attached hydrogens (tertiary/aromatic N) is 2. The molecule has 1 heterocycles. The lowest BCUT2D eigenvalue weighted by molar-refractivity contribution is 0.669. The van der Waals surface area contributed by atoms with Gasteiger partial charge in [0.15, 0.2) is 0 Å². The van der Waals surface area contributed by atoms with Crippen molar-refractivity contribution in [2.24, 2.45) is 0 Å². The first-order valence-electron chi connectivity index (χ1n) is 4.09. The summed E-state index contributed by atoms with van der Waals surface area (Å²) < 4.78 is 4.13. The van der Waals surface area contributed by atoms with Crippen molar-refractivity contribution in [2.75, 3.05) is 0 Å². The quantitative estimate of drug-likeness (QED) is 0.708. The fourth-order valence-electron chi connectivity index (χ4n) is 1.01. The fraction of sp³-hybridized carbons (Fsp3) is 0.750. The molecular formula is C8H13ClN2S. The average Bonchev–Trinajstić information content (AvgIpc) is 2.49. The number of halogens is 1. The van der Waals surface area contributed by atoms with Crippen LogP contribution in [-0.4, -0.2) is 14.7 Å². The first-order chi connectivity index (χ1) is 5.65. The first kappa shape index (κ1) is 9.93. The molecule has 2 nitrogen and oxygen atoms in total. The van der Waals surface area contributed by atoms with Crippen molar-refractivity contribution in [3.05, 3.63) is 10.8 Å². The molecule has 2 atom stereocenters. The summed E-state index contributed by atoms with van der Waals surface area (Å²) in [6.45, 7) is 6.09. The van der Waals surface area contributed by atoms with E-state index in [1.807, 2.05) is 6.92 Å². The van der Waals surface area contributed by atoms with Gasteiger partial charge in [-0.3, -0.25) is 0 Å². The second-order valence-corrected chi connectivity index (χ2v) is 4.24. The van der Waals surface area contributed by atoms with Crippen LogP contribution in [0.4, 0.5) is 0 Å². The van der Waals surface area contributed by atoms with Crippen molar-refractivity contribution in [3.8, 4) is 0 Å². The molecule has 0 aliphatic rings. The van der Waals surface area contributed by atoms with E-state index in [0.29, 0.717) is 5.92 Å². The molecule has 0 radical (unpaired) electrons. The van der Waals surface area contributed by atoms with Crippen molar-refractivity contribution < 1.29 is 0 Å². The van der Waals surface area contributed by atoms with E-state index in [0.717, 1.165) is 17.3 Å². The van der Waals surface area contributed by atoms with Crippen LogP contribution < -0.4 is 0 Å². The summed E-state index contributed by atoms with van der Waals surface area (Å²) in [7, 11) is 0. The molecule has 0 aliphatic heterocycles. The smallest absolute Gasteiger partial charge is 0.139 e. The van der Waals surface area contributed by atoms with Gasteiger partial charge in [-0.2, -0.15) is 4.37 Å². The number of alkyl halides is 1. The van der Waals surface area contributed by atoms with Crippen LogP contribution in [-0.2, 0) is 0 Å². The van der Waals surface area contributed by atoms with Gasteiger partial charge in [0.25, 0.3) is 0 Å². The number of hydrogen-bond acceptors (Lipinski definition) is 3. The normalized spacial score (nSPS) is 16.0. The lowest BCUT2D eigenvalue weighted by atomic mass is 10.1. The highest BCUT2D eigenvalue weighted by molar-refractivity contribution is 7.05. The molecule has 0 fully saturated rings. The topological polar surface area (TPSA) is 25.8 Å². The Kier molecular flexibility index (Phi) is 3.47. The highest BCUT2D eigenvalue weighted by atomic mass is 35.5. The van der Waals surface area contributed by atoms with Crippen LogP contribution >= 0.6 is 23.1 Å². The van der Waals surface area contributed by atoms with Gasteiger partial charge in [-0.1, -0.05) is 13.8 Å². The van der Waals surface area contributed by atoms with E-state index in [-0.39, 0.29) is 5.38 Å². The maximum atomic E-state index is 6.10. The third kappa shape index (κ3) is 2.17. The van der Waals surface area contributed by atoms with Crippen LogP contribution in [0.5, 0.6) is 0 Å². The average molecular weight is 205 g/mol. The van der Waals surface area contributed by atoms with Crippen molar-refractivity contribution in [1.82, 2.24) is 9.36 Å². The Morgan fingerprint density at radius 2 is 2.25 bits per heavy atom. The Balaban J connectivity index is 2.70. The van der Waals surface area contributed by atoms with Crippen molar-refractivity contribution in [3.63, 3.8) is 0 Å². The third-order valence-electron chi connectivity index (χ3n) is 1.87. The van der Waals surface area contributed by atoms with E-state index in [1.54, 1.807) is 0 Å². The lowest BCUT2D eigenvalue weighted by Gasteiger charge is -2.11. The standard InChI is InChI=1S/C8H13ClN2S/c1-4-7(9)5(2)8-10-6(3)11-12-8/h5,7H,4H2,1-3H3. The molecule has 0 aliphatic carbocycles. The SMILES string of the molecule is CCC(Cl)C(C)c1nc(C)ns1. The Bertz CT molecular complexity index is 249.